The molecule has 0 saturated heterocycles. The minimum absolute atomic E-state index is 0.246. The van der Waals surface area contributed by atoms with Crippen LogP contribution in [0.15, 0.2) is 0 Å². The first-order valence-corrected chi connectivity index (χ1v) is 8.17. The lowest BCUT2D eigenvalue weighted by Gasteiger charge is -2.30. The van der Waals surface area contributed by atoms with E-state index in [1.165, 1.54) is 38.5 Å². The van der Waals surface area contributed by atoms with Crippen molar-refractivity contribution >= 4 is 5.91 Å². The lowest BCUT2D eigenvalue weighted by Crippen LogP contribution is -2.38. The molecule has 0 aromatic rings. The number of amides is 1. The summed E-state index contributed by atoms with van der Waals surface area (Å²) in [5, 5.41) is 0. The van der Waals surface area contributed by atoms with Gasteiger partial charge in [-0.15, -0.1) is 0 Å². The maximum atomic E-state index is 12.4. The average Bonchev–Trinajstić information content (AvgIpc) is 2.46. The van der Waals surface area contributed by atoms with E-state index in [9.17, 15) is 4.79 Å². The highest BCUT2D eigenvalue weighted by molar-refractivity contribution is 5.78. The van der Waals surface area contributed by atoms with Gasteiger partial charge in [0.15, 0.2) is 0 Å². The summed E-state index contributed by atoms with van der Waals surface area (Å²) in [5.41, 5.74) is 5.90. The van der Waals surface area contributed by atoms with Crippen LogP contribution in [0.4, 0.5) is 0 Å². The molecule has 0 spiro atoms. The Labute approximate surface area is 117 Å². The van der Waals surface area contributed by atoms with Crippen molar-refractivity contribution in [3.8, 4) is 0 Å². The lowest BCUT2D eigenvalue weighted by molar-refractivity contribution is -0.135. The smallest absolute Gasteiger partial charge is 0.225 e. The van der Waals surface area contributed by atoms with E-state index in [1.807, 2.05) is 11.9 Å². The monoisotopic (exact) mass is 266 g/mol. The first kappa shape index (κ1) is 14.8. The molecule has 0 heterocycles. The molecule has 19 heavy (non-hydrogen) atoms. The molecule has 1 amide bonds. The number of nitrogens with two attached hydrogens (primary N) is 1. The Balaban J connectivity index is 1.69. The average molecular weight is 266 g/mol. The largest absolute Gasteiger partial charge is 0.346 e. The third-order valence-electron chi connectivity index (χ3n) is 5.09. The highest BCUT2D eigenvalue weighted by Gasteiger charge is 2.27. The van der Waals surface area contributed by atoms with E-state index in [2.05, 4.69) is 0 Å². The van der Waals surface area contributed by atoms with Crippen molar-refractivity contribution in [1.29, 1.82) is 0 Å². The van der Waals surface area contributed by atoms with Gasteiger partial charge in [-0.05, 0) is 38.0 Å². The number of carbonyl (C=O) groups is 1. The van der Waals surface area contributed by atoms with Gasteiger partial charge in [-0.2, -0.15) is 0 Å². The summed E-state index contributed by atoms with van der Waals surface area (Å²) < 4.78 is 0. The number of carbonyl (C=O) groups excluding carboxylic acids is 1. The zero-order valence-corrected chi connectivity index (χ0v) is 12.4. The highest BCUT2D eigenvalue weighted by atomic mass is 16.2. The first-order chi connectivity index (χ1) is 9.16. The zero-order chi connectivity index (χ0) is 13.7. The van der Waals surface area contributed by atoms with E-state index >= 15 is 0 Å². The van der Waals surface area contributed by atoms with Crippen LogP contribution in [0.3, 0.4) is 0 Å². The van der Waals surface area contributed by atoms with Gasteiger partial charge in [0.1, 0.15) is 0 Å². The van der Waals surface area contributed by atoms with Crippen LogP contribution >= 0.6 is 0 Å². The van der Waals surface area contributed by atoms with Crippen LogP contribution in [0.25, 0.3) is 0 Å². The topological polar surface area (TPSA) is 46.3 Å². The maximum Gasteiger partial charge on any atom is 0.225 e. The van der Waals surface area contributed by atoms with E-state index in [-0.39, 0.29) is 5.92 Å². The molecule has 0 atom stereocenters. The molecule has 3 nitrogen and oxygen atoms in total. The summed E-state index contributed by atoms with van der Waals surface area (Å²) in [5.74, 6) is 1.47. The van der Waals surface area contributed by atoms with Crippen molar-refractivity contribution < 1.29 is 4.79 Å². The normalized spacial score (nSPS) is 29.2. The predicted octanol–water partition coefficient (Wildman–Crippen LogP) is 2.93. The number of rotatable bonds is 4. The third kappa shape index (κ3) is 4.48. The van der Waals surface area contributed by atoms with Gasteiger partial charge in [0.2, 0.25) is 5.91 Å². The summed E-state index contributed by atoms with van der Waals surface area (Å²) in [7, 11) is 1.99. The minimum atomic E-state index is 0.246. The number of hydrogen-bond donors (Lipinski definition) is 1. The van der Waals surface area contributed by atoms with Gasteiger partial charge < -0.3 is 10.6 Å². The van der Waals surface area contributed by atoms with E-state index in [0.717, 1.165) is 38.1 Å². The van der Waals surface area contributed by atoms with Crippen LogP contribution in [0, 0.1) is 11.8 Å². The van der Waals surface area contributed by atoms with Gasteiger partial charge in [0, 0.05) is 25.6 Å². The van der Waals surface area contributed by atoms with Gasteiger partial charge >= 0.3 is 0 Å². The first-order valence-electron chi connectivity index (χ1n) is 8.17. The molecule has 2 saturated carbocycles. The second-order valence-electron chi connectivity index (χ2n) is 6.66. The molecule has 0 aromatic carbocycles. The Morgan fingerprint density at radius 2 is 1.68 bits per heavy atom. The molecule has 2 fully saturated rings. The zero-order valence-electron chi connectivity index (χ0n) is 12.4. The molecule has 2 rings (SSSR count). The predicted molar refractivity (Wildman–Crippen MR) is 78.8 cm³/mol. The lowest BCUT2D eigenvalue weighted by atomic mass is 9.85. The molecule has 0 aromatic heterocycles. The fraction of sp³-hybridized carbons (Fsp3) is 0.938. The Morgan fingerprint density at radius 1 is 1.05 bits per heavy atom. The molecular formula is C16H30N2O. The summed E-state index contributed by atoms with van der Waals surface area (Å²) in [6.07, 6.45) is 12.2. The summed E-state index contributed by atoms with van der Waals surface area (Å²) in [6.45, 7) is 0.950. The Hall–Kier alpha value is -0.570. The van der Waals surface area contributed by atoms with Gasteiger partial charge in [-0.1, -0.05) is 32.1 Å². The van der Waals surface area contributed by atoms with Crippen LogP contribution in [0.2, 0.25) is 0 Å². The number of nitrogens with zero attached hydrogens (tertiary/aromatic N) is 1. The Morgan fingerprint density at radius 3 is 2.32 bits per heavy atom. The maximum absolute atomic E-state index is 12.4. The fourth-order valence-electron chi connectivity index (χ4n) is 3.64. The molecule has 2 N–H and O–H groups in total. The van der Waals surface area contributed by atoms with Crippen molar-refractivity contribution in [2.24, 2.45) is 17.6 Å². The van der Waals surface area contributed by atoms with Crippen LogP contribution in [-0.4, -0.2) is 30.4 Å². The SMILES string of the molecule is CN(CCC1CCCCC1)C(=O)C1CCC(N)CC1. The van der Waals surface area contributed by atoms with Crippen LogP contribution in [0.1, 0.15) is 64.2 Å². The number of hydrogen-bond acceptors (Lipinski definition) is 2. The Kier molecular flexibility index (Phi) is 5.68. The second-order valence-corrected chi connectivity index (χ2v) is 6.66. The van der Waals surface area contributed by atoms with Gasteiger partial charge in [-0.25, -0.2) is 0 Å². The molecule has 0 bridgehead atoms. The highest BCUT2D eigenvalue weighted by Crippen LogP contribution is 2.28. The second kappa shape index (κ2) is 7.28. The quantitative estimate of drug-likeness (QED) is 0.850. The molecule has 3 heteroatoms. The molecular weight excluding hydrogens is 236 g/mol. The molecule has 0 unspecified atom stereocenters. The van der Waals surface area contributed by atoms with Crippen molar-refractivity contribution in [3.05, 3.63) is 0 Å². The summed E-state index contributed by atoms with van der Waals surface area (Å²) >= 11 is 0. The molecule has 2 aliphatic rings. The molecule has 0 radical (unpaired) electrons. The van der Waals surface area contributed by atoms with E-state index in [1.54, 1.807) is 0 Å². The van der Waals surface area contributed by atoms with E-state index in [0.29, 0.717) is 11.9 Å². The van der Waals surface area contributed by atoms with E-state index < -0.39 is 0 Å². The molecule has 2 aliphatic carbocycles. The molecule has 110 valence electrons. The minimum Gasteiger partial charge on any atom is -0.346 e. The van der Waals surface area contributed by atoms with Crippen LogP contribution in [-0.2, 0) is 4.79 Å². The Bertz CT molecular complexity index is 278. The van der Waals surface area contributed by atoms with Crippen molar-refractivity contribution in [2.45, 2.75) is 70.3 Å². The van der Waals surface area contributed by atoms with Crippen LogP contribution < -0.4 is 5.73 Å². The summed E-state index contributed by atoms with van der Waals surface area (Å²) in [6, 6.07) is 0.330. The van der Waals surface area contributed by atoms with Gasteiger partial charge in [0.05, 0.1) is 0 Å². The van der Waals surface area contributed by atoms with E-state index in [4.69, 9.17) is 5.73 Å². The standard InChI is InChI=1S/C16H30N2O/c1-18(12-11-13-5-3-2-4-6-13)16(19)14-7-9-15(17)10-8-14/h13-15H,2-12,17H2,1H3. The van der Waals surface area contributed by atoms with Crippen molar-refractivity contribution in [1.82, 2.24) is 4.90 Å². The van der Waals surface area contributed by atoms with Crippen molar-refractivity contribution in [2.75, 3.05) is 13.6 Å². The fourth-order valence-corrected chi connectivity index (χ4v) is 3.64. The molecule has 0 aliphatic heterocycles. The third-order valence-corrected chi connectivity index (χ3v) is 5.09. The summed E-state index contributed by atoms with van der Waals surface area (Å²) in [4.78, 5) is 14.3. The van der Waals surface area contributed by atoms with Gasteiger partial charge in [0.25, 0.3) is 0 Å². The van der Waals surface area contributed by atoms with Gasteiger partial charge in [-0.3, -0.25) is 4.79 Å². The van der Waals surface area contributed by atoms with Crippen molar-refractivity contribution in [3.63, 3.8) is 0 Å². The van der Waals surface area contributed by atoms with Crippen LogP contribution in [0.5, 0.6) is 0 Å².